The second kappa shape index (κ2) is 2.78. The monoisotopic (exact) mass is 169 g/mol. The van der Waals surface area contributed by atoms with E-state index in [2.05, 4.69) is 0 Å². The number of hydrogen-bond acceptors (Lipinski definition) is 4. The van der Waals surface area contributed by atoms with Gasteiger partial charge in [-0.1, -0.05) is 5.16 Å². The van der Waals surface area contributed by atoms with E-state index >= 15 is 0 Å². The number of hydrogen-bond donors (Lipinski definition) is 4. The first-order valence-electron chi connectivity index (χ1n) is 1.91. The second-order valence-electron chi connectivity index (χ2n) is 1.27. The first kappa shape index (κ1) is 9.09. The van der Waals surface area contributed by atoms with Gasteiger partial charge in [-0.15, -0.1) is 0 Å². The molecule has 0 radical (unpaired) electrons. The fourth-order valence-electron chi connectivity index (χ4n) is 0.226. The third-order valence-corrected chi connectivity index (χ3v) is 1.39. The van der Waals surface area contributed by atoms with Crippen molar-refractivity contribution in [2.75, 3.05) is 0 Å². The third-order valence-electron chi connectivity index (χ3n) is 0.562. The van der Waals surface area contributed by atoms with E-state index in [9.17, 15) is 9.36 Å². The smallest absolute Gasteiger partial charge is 0.385 e. The van der Waals surface area contributed by atoms with E-state index in [-0.39, 0.29) is 0 Å². The van der Waals surface area contributed by atoms with Crippen LogP contribution in [0.15, 0.2) is 5.16 Å². The zero-order chi connectivity index (χ0) is 8.36. The van der Waals surface area contributed by atoms with E-state index in [1.165, 1.54) is 0 Å². The van der Waals surface area contributed by atoms with E-state index in [1.54, 1.807) is 0 Å². The van der Waals surface area contributed by atoms with Crippen LogP contribution >= 0.6 is 7.60 Å². The molecule has 0 spiro atoms. The van der Waals surface area contributed by atoms with Gasteiger partial charge in [0.25, 0.3) is 5.45 Å². The van der Waals surface area contributed by atoms with Crippen molar-refractivity contribution in [3.8, 4) is 0 Å². The molecule has 0 saturated heterocycles. The topological polar surface area (TPSA) is 127 Å². The zero-order valence-corrected chi connectivity index (χ0v) is 5.39. The molecular formula is C2H4NO6P. The number of carboxylic acids is 1. The molecule has 0 fully saturated rings. The third kappa shape index (κ3) is 2.14. The molecule has 0 amide bonds. The minimum absolute atomic E-state index is 1.56. The summed E-state index contributed by atoms with van der Waals surface area (Å²) in [5, 5.41) is 17.6. The SMILES string of the molecule is O=C(O)/C(=N\O)P(=O)(O)O. The Bertz CT molecular complexity index is 214. The van der Waals surface area contributed by atoms with E-state index in [4.69, 9.17) is 20.1 Å². The minimum atomic E-state index is -4.93. The standard InChI is InChI=1S/C2H4NO6P/c4-2(5)1(3-6)10(7,8)9/h6H,(H,4,5)(H2,7,8,9)/b3-1+. The molecule has 8 heteroatoms. The van der Waals surface area contributed by atoms with Gasteiger partial charge in [-0.3, -0.25) is 4.57 Å². The van der Waals surface area contributed by atoms with Crippen LogP contribution in [-0.2, 0) is 9.36 Å². The number of aliphatic carboxylic acids is 1. The lowest BCUT2D eigenvalue weighted by Gasteiger charge is -1.98. The van der Waals surface area contributed by atoms with Crippen molar-refractivity contribution in [3.05, 3.63) is 0 Å². The lowest BCUT2D eigenvalue weighted by Crippen LogP contribution is -2.12. The molecule has 58 valence electrons. The first-order valence-corrected chi connectivity index (χ1v) is 3.52. The molecule has 0 heterocycles. The number of rotatable bonds is 2. The summed E-state index contributed by atoms with van der Waals surface area (Å²) in [6, 6.07) is 0. The number of nitrogens with zero attached hydrogens (tertiary/aromatic N) is 1. The largest absolute Gasteiger partial charge is 0.476 e. The molecule has 0 atom stereocenters. The molecule has 0 saturated carbocycles. The molecule has 7 nitrogen and oxygen atoms in total. The summed E-state index contributed by atoms with van der Waals surface area (Å²) in [6.07, 6.45) is 0. The molecule has 10 heavy (non-hydrogen) atoms. The van der Waals surface area contributed by atoms with Crippen molar-refractivity contribution in [1.29, 1.82) is 0 Å². The molecule has 0 aromatic heterocycles. The highest BCUT2D eigenvalue weighted by Gasteiger charge is 2.30. The van der Waals surface area contributed by atoms with Gasteiger partial charge in [0.05, 0.1) is 0 Å². The molecular weight excluding hydrogens is 165 g/mol. The van der Waals surface area contributed by atoms with Gasteiger partial charge in [0.15, 0.2) is 0 Å². The van der Waals surface area contributed by atoms with Crippen LogP contribution in [0, 0.1) is 0 Å². The Hall–Kier alpha value is -0.910. The number of carboxylic acid groups (broad SMARTS) is 1. The highest BCUT2D eigenvalue weighted by atomic mass is 31.2. The van der Waals surface area contributed by atoms with Gasteiger partial charge in [0, 0.05) is 0 Å². The first-order chi connectivity index (χ1) is 4.39. The summed E-state index contributed by atoms with van der Waals surface area (Å²) < 4.78 is 10.0. The van der Waals surface area contributed by atoms with Gasteiger partial charge < -0.3 is 20.1 Å². The van der Waals surface area contributed by atoms with E-state index < -0.39 is 19.0 Å². The average molecular weight is 169 g/mol. The Morgan fingerprint density at radius 3 is 1.80 bits per heavy atom. The number of oxime groups is 1. The molecule has 4 N–H and O–H groups in total. The Morgan fingerprint density at radius 2 is 1.80 bits per heavy atom. The average Bonchev–Trinajstić information content (AvgIpc) is 1.60. The molecule has 0 aliphatic heterocycles. The van der Waals surface area contributed by atoms with Gasteiger partial charge in [-0.2, -0.15) is 0 Å². The van der Waals surface area contributed by atoms with Gasteiger partial charge in [0.2, 0.25) is 0 Å². The lowest BCUT2D eigenvalue weighted by molar-refractivity contribution is -0.129. The van der Waals surface area contributed by atoms with Crippen molar-refractivity contribution in [3.63, 3.8) is 0 Å². The highest BCUT2D eigenvalue weighted by molar-refractivity contribution is 7.73. The van der Waals surface area contributed by atoms with Crippen molar-refractivity contribution in [2.24, 2.45) is 5.16 Å². The van der Waals surface area contributed by atoms with Crippen LogP contribution < -0.4 is 0 Å². The maximum Gasteiger partial charge on any atom is 0.385 e. The van der Waals surface area contributed by atoms with Crippen LogP contribution in [0.5, 0.6) is 0 Å². The summed E-state index contributed by atoms with van der Waals surface area (Å²) in [4.78, 5) is 26.0. The van der Waals surface area contributed by atoms with E-state index in [1.807, 2.05) is 5.16 Å². The van der Waals surface area contributed by atoms with Crippen LogP contribution in [0.1, 0.15) is 0 Å². The van der Waals surface area contributed by atoms with Crippen molar-refractivity contribution in [2.45, 2.75) is 0 Å². The number of carbonyl (C=O) groups is 1. The van der Waals surface area contributed by atoms with Crippen LogP contribution in [0.25, 0.3) is 0 Å². The second-order valence-corrected chi connectivity index (χ2v) is 2.78. The van der Waals surface area contributed by atoms with Crippen LogP contribution in [0.2, 0.25) is 0 Å². The summed E-state index contributed by atoms with van der Waals surface area (Å²) in [6.45, 7) is 0. The normalized spacial score (nSPS) is 13.2. The molecule has 0 aromatic rings. The molecule has 0 aromatic carbocycles. The minimum Gasteiger partial charge on any atom is -0.476 e. The van der Waals surface area contributed by atoms with E-state index in [0.717, 1.165) is 0 Å². The van der Waals surface area contributed by atoms with Gasteiger partial charge in [0.1, 0.15) is 0 Å². The van der Waals surface area contributed by atoms with Gasteiger partial charge >= 0.3 is 13.6 Å². The molecule has 0 aliphatic rings. The molecule has 0 aliphatic carbocycles. The highest BCUT2D eigenvalue weighted by Crippen LogP contribution is 2.36. The lowest BCUT2D eigenvalue weighted by atomic mass is 10.8. The van der Waals surface area contributed by atoms with Gasteiger partial charge in [-0.25, -0.2) is 4.79 Å². The van der Waals surface area contributed by atoms with Gasteiger partial charge in [-0.05, 0) is 0 Å². The maximum atomic E-state index is 10.0. The molecule has 0 unspecified atom stereocenters. The van der Waals surface area contributed by atoms with Crippen LogP contribution in [-0.4, -0.2) is 31.5 Å². The maximum absolute atomic E-state index is 10.0. The fourth-order valence-corrected chi connectivity index (χ4v) is 0.591. The van der Waals surface area contributed by atoms with Crippen LogP contribution in [0.4, 0.5) is 0 Å². The quantitative estimate of drug-likeness (QED) is 0.182. The van der Waals surface area contributed by atoms with Crippen molar-refractivity contribution >= 4 is 19.0 Å². The van der Waals surface area contributed by atoms with E-state index in [0.29, 0.717) is 0 Å². The summed E-state index contributed by atoms with van der Waals surface area (Å²) in [7, 11) is -4.93. The molecule has 0 rings (SSSR count). The summed E-state index contributed by atoms with van der Waals surface area (Å²) in [5.41, 5.74) is -1.56. The summed E-state index contributed by atoms with van der Waals surface area (Å²) >= 11 is 0. The fraction of sp³-hybridized carbons (Fsp3) is 0. The predicted molar refractivity (Wildman–Crippen MR) is 28.9 cm³/mol. The van der Waals surface area contributed by atoms with Crippen LogP contribution in [0.3, 0.4) is 0 Å². The predicted octanol–water partition coefficient (Wildman–Crippen LogP) is -0.964. The Kier molecular flexibility index (Phi) is 2.53. The summed E-state index contributed by atoms with van der Waals surface area (Å²) in [5.74, 6) is -1.95. The Labute approximate surface area is 54.8 Å². The Morgan fingerprint density at radius 1 is 1.40 bits per heavy atom. The zero-order valence-electron chi connectivity index (χ0n) is 4.50. The Balaban J connectivity index is 4.75. The van der Waals surface area contributed by atoms with Crippen molar-refractivity contribution in [1.82, 2.24) is 0 Å². The molecule has 0 bridgehead atoms. The van der Waals surface area contributed by atoms with Crippen molar-refractivity contribution < 1.29 is 29.5 Å².